The van der Waals surface area contributed by atoms with Crippen LogP contribution in [0.15, 0.2) is 58.7 Å². The van der Waals surface area contributed by atoms with E-state index in [-0.39, 0.29) is 17.9 Å². The monoisotopic (exact) mass is 453 g/mol. The number of anilines is 1. The number of hydrogen-bond acceptors (Lipinski definition) is 5. The molecule has 2 aliphatic rings. The lowest BCUT2D eigenvalue weighted by molar-refractivity contribution is 0.181. The van der Waals surface area contributed by atoms with Gasteiger partial charge in [0, 0.05) is 11.3 Å². The van der Waals surface area contributed by atoms with Gasteiger partial charge in [0.25, 0.3) is 0 Å². The zero-order chi connectivity index (χ0) is 25.3. The standard InChI is InChI=1S/C20H21N3O3.C5H12.C2H6/c1-4-12(2)17-13(3)26-19(22)16(11-21)18(17)14-5-7-15(8-6-14)23-9-10-25-20(23)24;1-5(2,3)4;1-2/h4-8,18H,9-10,22H2,1-3H3;1-4H3;1-2H3/b12-4-;;. The molecule has 1 amide bonds. The van der Waals surface area contributed by atoms with Crippen molar-refractivity contribution in [2.24, 2.45) is 11.1 Å². The molecule has 0 aromatic heterocycles. The Labute approximate surface area is 199 Å². The van der Waals surface area contributed by atoms with Crippen molar-refractivity contribution in [2.45, 2.75) is 68.2 Å². The molecule has 6 nitrogen and oxygen atoms in total. The fraction of sp³-hybridized carbons (Fsp3) is 0.481. The van der Waals surface area contributed by atoms with E-state index >= 15 is 0 Å². The van der Waals surface area contributed by atoms with Gasteiger partial charge in [-0.15, -0.1) is 0 Å². The van der Waals surface area contributed by atoms with Crippen LogP contribution in [0.25, 0.3) is 0 Å². The molecule has 1 aromatic carbocycles. The number of rotatable bonds is 3. The van der Waals surface area contributed by atoms with Crippen molar-refractivity contribution in [3.05, 3.63) is 64.3 Å². The van der Waals surface area contributed by atoms with E-state index in [4.69, 9.17) is 15.2 Å². The Morgan fingerprint density at radius 2 is 1.76 bits per heavy atom. The number of hydrogen-bond donors (Lipinski definition) is 1. The van der Waals surface area contributed by atoms with Crippen LogP contribution in [0.3, 0.4) is 0 Å². The summed E-state index contributed by atoms with van der Waals surface area (Å²) in [6, 6.07) is 9.74. The van der Waals surface area contributed by atoms with E-state index in [1.54, 1.807) is 4.90 Å². The molecule has 0 aliphatic carbocycles. The number of allylic oxidation sites excluding steroid dienone is 5. The maximum atomic E-state index is 11.7. The van der Waals surface area contributed by atoms with Gasteiger partial charge < -0.3 is 15.2 Å². The van der Waals surface area contributed by atoms with Crippen LogP contribution in [-0.2, 0) is 9.47 Å². The minimum Gasteiger partial charge on any atom is -0.447 e. The summed E-state index contributed by atoms with van der Waals surface area (Å²) in [6.07, 6.45) is 1.65. The molecule has 0 spiro atoms. The molecule has 1 aromatic rings. The average molecular weight is 454 g/mol. The van der Waals surface area contributed by atoms with E-state index in [2.05, 4.69) is 33.8 Å². The van der Waals surface area contributed by atoms with Crippen molar-refractivity contribution in [2.75, 3.05) is 18.1 Å². The second-order valence-corrected chi connectivity index (χ2v) is 9.22. The van der Waals surface area contributed by atoms with Crippen molar-refractivity contribution in [3.63, 3.8) is 0 Å². The summed E-state index contributed by atoms with van der Waals surface area (Å²) in [4.78, 5) is 13.3. The van der Waals surface area contributed by atoms with Crippen LogP contribution in [0.1, 0.15) is 73.8 Å². The Kier molecular flexibility index (Phi) is 10.2. The average Bonchev–Trinajstić information content (AvgIpc) is 3.19. The normalized spacial score (nSPS) is 18.4. The molecule has 2 aliphatic heterocycles. The molecule has 1 unspecified atom stereocenters. The summed E-state index contributed by atoms with van der Waals surface area (Å²) < 4.78 is 10.6. The van der Waals surface area contributed by atoms with Crippen molar-refractivity contribution in [1.29, 1.82) is 5.26 Å². The molecule has 33 heavy (non-hydrogen) atoms. The smallest absolute Gasteiger partial charge is 0.414 e. The fourth-order valence-corrected chi connectivity index (χ4v) is 3.35. The first-order valence-corrected chi connectivity index (χ1v) is 11.4. The van der Waals surface area contributed by atoms with E-state index in [0.29, 0.717) is 29.9 Å². The maximum absolute atomic E-state index is 11.7. The number of nitrogens with two attached hydrogens (primary N) is 1. The molecule has 180 valence electrons. The highest BCUT2D eigenvalue weighted by Gasteiger charge is 2.32. The Morgan fingerprint density at radius 1 is 1.21 bits per heavy atom. The van der Waals surface area contributed by atoms with Crippen LogP contribution in [0, 0.1) is 16.7 Å². The highest BCUT2D eigenvalue weighted by Crippen LogP contribution is 2.42. The van der Waals surface area contributed by atoms with Gasteiger partial charge in [-0.25, -0.2) is 4.79 Å². The van der Waals surface area contributed by atoms with E-state index in [1.165, 1.54) is 0 Å². The molecular formula is C27H39N3O3. The number of nitrogens with zero attached hydrogens (tertiary/aromatic N) is 2. The predicted molar refractivity (Wildman–Crippen MR) is 134 cm³/mol. The van der Waals surface area contributed by atoms with Gasteiger partial charge in [0.2, 0.25) is 5.88 Å². The van der Waals surface area contributed by atoms with E-state index in [9.17, 15) is 10.1 Å². The Hall–Kier alpha value is -3.20. The van der Waals surface area contributed by atoms with Crippen LogP contribution in [0.5, 0.6) is 0 Å². The zero-order valence-corrected chi connectivity index (χ0v) is 21.6. The Morgan fingerprint density at radius 3 is 2.18 bits per heavy atom. The highest BCUT2D eigenvalue weighted by atomic mass is 16.6. The van der Waals surface area contributed by atoms with E-state index in [0.717, 1.165) is 22.4 Å². The minimum atomic E-state index is -0.341. The second-order valence-electron chi connectivity index (χ2n) is 9.22. The molecular weight excluding hydrogens is 414 g/mol. The first-order valence-electron chi connectivity index (χ1n) is 11.4. The third-order valence-electron chi connectivity index (χ3n) is 4.76. The van der Waals surface area contributed by atoms with Crippen LogP contribution >= 0.6 is 0 Å². The number of carbonyl (C=O) groups is 1. The van der Waals surface area contributed by atoms with Gasteiger partial charge in [-0.3, -0.25) is 4.90 Å². The lowest BCUT2D eigenvalue weighted by Crippen LogP contribution is -2.23. The van der Waals surface area contributed by atoms with E-state index < -0.39 is 0 Å². The van der Waals surface area contributed by atoms with Crippen molar-refractivity contribution in [3.8, 4) is 6.07 Å². The van der Waals surface area contributed by atoms with Gasteiger partial charge in [-0.05, 0) is 49.5 Å². The summed E-state index contributed by atoms with van der Waals surface area (Å²) in [6.45, 7) is 19.5. The van der Waals surface area contributed by atoms with Crippen molar-refractivity contribution in [1.82, 2.24) is 0 Å². The fourth-order valence-electron chi connectivity index (χ4n) is 3.35. The van der Waals surface area contributed by atoms with Gasteiger partial charge in [-0.2, -0.15) is 5.26 Å². The Balaban J connectivity index is 0.000000689. The molecule has 3 rings (SSSR count). The van der Waals surface area contributed by atoms with Gasteiger partial charge in [0.05, 0.1) is 12.5 Å². The number of carbonyl (C=O) groups excluding carboxylic acids is 1. The van der Waals surface area contributed by atoms with Gasteiger partial charge in [-0.1, -0.05) is 59.8 Å². The quantitative estimate of drug-likeness (QED) is 0.545. The van der Waals surface area contributed by atoms with Crippen LogP contribution in [-0.4, -0.2) is 19.2 Å². The second kappa shape index (κ2) is 12.2. The number of benzene rings is 1. The summed E-state index contributed by atoms with van der Waals surface area (Å²) in [7, 11) is 0. The Bertz CT molecular complexity index is 952. The molecule has 2 heterocycles. The number of amides is 1. The summed E-state index contributed by atoms with van der Waals surface area (Å²) >= 11 is 0. The summed E-state index contributed by atoms with van der Waals surface area (Å²) in [5.74, 6) is 0.522. The highest BCUT2D eigenvalue weighted by molar-refractivity contribution is 5.89. The third kappa shape index (κ3) is 7.42. The largest absolute Gasteiger partial charge is 0.447 e. The van der Waals surface area contributed by atoms with E-state index in [1.807, 2.05) is 65.0 Å². The molecule has 1 fully saturated rings. The first kappa shape index (κ1) is 27.8. The molecule has 0 bridgehead atoms. The molecule has 2 N–H and O–H groups in total. The topological polar surface area (TPSA) is 88.6 Å². The van der Waals surface area contributed by atoms with Crippen LogP contribution < -0.4 is 10.6 Å². The van der Waals surface area contributed by atoms with Gasteiger partial charge in [0.1, 0.15) is 24.0 Å². The summed E-state index contributed by atoms with van der Waals surface area (Å²) in [5, 5.41) is 9.63. The first-order chi connectivity index (χ1) is 15.5. The number of ether oxygens (including phenoxy) is 2. The predicted octanol–water partition coefficient (Wildman–Crippen LogP) is 6.77. The lowest BCUT2D eigenvalue weighted by atomic mass is 9.80. The lowest BCUT2D eigenvalue weighted by Gasteiger charge is -2.29. The molecule has 0 radical (unpaired) electrons. The number of cyclic esters (lactones) is 1. The van der Waals surface area contributed by atoms with Crippen molar-refractivity contribution < 1.29 is 14.3 Å². The summed E-state index contributed by atoms with van der Waals surface area (Å²) in [5.41, 5.74) is 10.5. The third-order valence-corrected chi connectivity index (χ3v) is 4.76. The molecule has 1 saturated heterocycles. The van der Waals surface area contributed by atoms with Gasteiger partial charge in [0.15, 0.2) is 0 Å². The van der Waals surface area contributed by atoms with Gasteiger partial charge >= 0.3 is 6.09 Å². The molecule has 0 saturated carbocycles. The number of nitriles is 1. The van der Waals surface area contributed by atoms with Crippen LogP contribution in [0.4, 0.5) is 10.5 Å². The van der Waals surface area contributed by atoms with Crippen LogP contribution in [0.2, 0.25) is 0 Å². The minimum absolute atomic E-state index is 0.134. The molecule has 6 heteroatoms. The van der Waals surface area contributed by atoms with Crippen molar-refractivity contribution >= 4 is 11.8 Å². The maximum Gasteiger partial charge on any atom is 0.414 e. The zero-order valence-electron chi connectivity index (χ0n) is 21.6. The SMILES string of the molecule is C/C=C(/C)C1=C(C)OC(N)=C(C#N)C1c1ccc(N2CCOC2=O)cc1.CC.CC(C)(C)C. The molecule has 1 atom stereocenters.